The molecule has 0 unspecified atom stereocenters. The Bertz CT molecular complexity index is 992. The first-order valence-electron chi connectivity index (χ1n) is 9.33. The minimum absolute atomic E-state index is 0.146. The number of piperazine rings is 1. The fourth-order valence-corrected chi connectivity index (χ4v) is 4.22. The van der Waals surface area contributed by atoms with E-state index in [1.54, 1.807) is 24.2 Å². The van der Waals surface area contributed by atoms with Crippen LogP contribution in [-0.4, -0.2) is 56.8 Å². The van der Waals surface area contributed by atoms with Gasteiger partial charge in [0.15, 0.2) is 0 Å². The molecule has 29 heavy (non-hydrogen) atoms. The van der Waals surface area contributed by atoms with Crippen LogP contribution < -0.4 is 4.74 Å². The third-order valence-corrected chi connectivity index (χ3v) is 6.25. The highest BCUT2D eigenvalue weighted by molar-refractivity contribution is 7.92. The Morgan fingerprint density at radius 2 is 1.59 bits per heavy atom. The van der Waals surface area contributed by atoms with Gasteiger partial charge in [0, 0.05) is 43.2 Å². The van der Waals surface area contributed by atoms with Gasteiger partial charge in [-0.05, 0) is 23.8 Å². The number of ether oxygens (including phenoxy) is 1. The van der Waals surface area contributed by atoms with Gasteiger partial charge in [0.25, 0.3) is 0 Å². The van der Waals surface area contributed by atoms with Crippen molar-refractivity contribution in [1.29, 1.82) is 0 Å². The number of sulfonamides is 1. The zero-order valence-electron chi connectivity index (χ0n) is 16.3. The number of carbonyl (C=O) groups is 1. The summed E-state index contributed by atoms with van der Waals surface area (Å²) in [6.45, 7) is 1.26. The molecule has 0 N–H and O–H groups in total. The van der Waals surface area contributed by atoms with Crippen molar-refractivity contribution in [1.82, 2.24) is 9.21 Å². The first-order valence-corrected chi connectivity index (χ1v) is 10.8. The summed E-state index contributed by atoms with van der Waals surface area (Å²) in [5.41, 5.74) is 1.64. The molecular formula is C22H24N2O4S. The summed E-state index contributed by atoms with van der Waals surface area (Å²) in [6, 6.07) is 16.7. The van der Waals surface area contributed by atoms with E-state index >= 15 is 0 Å². The quantitative estimate of drug-likeness (QED) is 0.685. The lowest BCUT2D eigenvalue weighted by atomic mass is 10.2. The summed E-state index contributed by atoms with van der Waals surface area (Å²) < 4.78 is 31.7. The standard InChI is InChI=1S/C22H24N2O4S/c1-28-21-10-6-5-9-20(21)11-12-22(25)23-14-16-24(17-15-23)29(26,27)18-13-19-7-3-2-4-8-19/h2-13,18H,14-17H2,1H3/b12-11+,18-13+. The Balaban J connectivity index is 1.57. The maximum atomic E-state index is 12.5. The molecule has 1 heterocycles. The zero-order chi connectivity index (χ0) is 20.7. The van der Waals surface area contributed by atoms with Crippen LogP contribution in [-0.2, 0) is 14.8 Å². The summed E-state index contributed by atoms with van der Waals surface area (Å²) in [5.74, 6) is 0.547. The van der Waals surface area contributed by atoms with E-state index < -0.39 is 10.0 Å². The highest BCUT2D eigenvalue weighted by atomic mass is 32.2. The molecule has 152 valence electrons. The fraction of sp³-hybridized carbons (Fsp3) is 0.227. The van der Waals surface area contributed by atoms with Gasteiger partial charge in [-0.1, -0.05) is 48.5 Å². The van der Waals surface area contributed by atoms with Crippen LogP contribution in [0.4, 0.5) is 0 Å². The molecule has 0 saturated carbocycles. The Kier molecular flexibility index (Phi) is 6.85. The third kappa shape index (κ3) is 5.56. The second kappa shape index (κ2) is 9.54. The summed E-state index contributed by atoms with van der Waals surface area (Å²) in [5, 5.41) is 1.22. The number of nitrogens with zero attached hydrogens (tertiary/aromatic N) is 2. The van der Waals surface area contributed by atoms with Crippen molar-refractivity contribution in [2.45, 2.75) is 0 Å². The van der Waals surface area contributed by atoms with Gasteiger partial charge in [0.05, 0.1) is 7.11 Å². The van der Waals surface area contributed by atoms with Gasteiger partial charge in [-0.3, -0.25) is 4.79 Å². The van der Waals surface area contributed by atoms with Gasteiger partial charge in [0.2, 0.25) is 15.9 Å². The number of benzene rings is 2. The van der Waals surface area contributed by atoms with E-state index in [1.165, 1.54) is 15.8 Å². The molecule has 1 fully saturated rings. The molecule has 1 aliphatic heterocycles. The molecule has 0 radical (unpaired) electrons. The van der Waals surface area contributed by atoms with Gasteiger partial charge in [-0.25, -0.2) is 8.42 Å². The lowest BCUT2D eigenvalue weighted by Crippen LogP contribution is -2.49. The van der Waals surface area contributed by atoms with Crippen molar-refractivity contribution in [3.8, 4) is 5.75 Å². The lowest BCUT2D eigenvalue weighted by Gasteiger charge is -2.32. The Morgan fingerprint density at radius 1 is 0.931 bits per heavy atom. The number of hydrogen-bond donors (Lipinski definition) is 0. The summed E-state index contributed by atoms with van der Waals surface area (Å²) >= 11 is 0. The number of rotatable bonds is 6. The molecule has 6 nitrogen and oxygen atoms in total. The van der Waals surface area contributed by atoms with E-state index in [0.29, 0.717) is 18.8 Å². The summed E-state index contributed by atoms with van der Waals surface area (Å²) in [6.07, 6.45) is 4.80. The van der Waals surface area contributed by atoms with Crippen molar-refractivity contribution in [3.05, 3.63) is 77.2 Å². The molecule has 0 aromatic heterocycles. The van der Waals surface area contributed by atoms with Crippen LogP contribution in [0.1, 0.15) is 11.1 Å². The predicted octanol–water partition coefficient (Wildman–Crippen LogP) is 2.85. The Hall–Kier alpha value is -2.90. The lowest BCUT2D eigenvalue weighted by molar-refractivity contribution is -0.127. The average molecular weight is 413 g/mol. The van der Waals surface area contributed by atoms with Gasteiger partial charge < -0.3 is 9.64 Å². The fourth-order valence-electron chi connectivity index (χ4n) is 3.05. The molecule has 1 saturated heterocycles. The van der Waals surface area contributed by atoms with Gasteiger partial charge in [-0.2, -0.15) is 4.31 Å². The van der Waals surface area contributed by atoms with E-state index in [4.69, 9.17) is 4.74 Å². The Morgan fingerprint density at radius 3 is 2.28 bits per heavy atom. The maximum Gasteiger partial charge on any atom is 0.246 e. The molecule has 0 aliphatic carbocycles. The number of amides is 1. The second-order valence-electron chi connectivity index (χ2n) is 6.56. The first-order chi connectivity index (χ1) is 14.0. The van der Waals surface area contributed by atoms with Crippen molar-refractivity contribution in [2.75, 3.05) is 33.3 Å². The summed E-state index contributed by atoms with van der Waals surface area (Å²) in [4.78, 5) is 14.1. The smallest absolute Gasteiger partial charge is 0.246 e. The highest BCUT2D eigenvalue weighted by Crippen LogP contribution is 2.19. The maximum absolute atomic E-state index is 12.5. The first kappa shape index (κ1) is 20.8. The van der Waals surface area contributed by atoms with Crippen LogP contribution in [0.15, 0.2) is 66.1 Å². The Labute approximate surface area is 171 Å². The minimum atomic E-state index is -3.51. The largest absolute Gasteiger partial charge is 0.496 e. The molecule has 0 atom stereocenters. The average Bonchev–Trinajstić information content (AvgIpc) is 2.77. The van der Waals surface area contributed by atoms with E-state index in [-0.39, 0.29) is 19.0 Å². The third-order valence-electron chi connectivity index (χ3n) is 4.69. The van der Waals surface area contributed by atoms with E-state index in [1.807, 2.05) is 54.6 Å². The van der Waals surface area contributed by atoms with Crippen molar-refractivity contribution >= 4 is 28.1 Å². The normalized spacial score (nSPS) is 15.8. The van der Waals surface area contributed by atoms with E-state index in [2.05, 4.69) is 0 Å². The number of carbonyl (C=O) groups excluding carboxylic acids is 1. The van der Waals surface area contributed by atoms with Crippen LogP contribution in [0.3, 0.4) is 0 Å². The topological polar surface area (TPSA) is 66.9 Å². The molecule has 2 aromatic rings. The van der Waals surface area contributed by atoms with Crippen molar-refractivity contribution in [3.63, 3.8) is 0 Å². The molecule has 3 rings (SSSR count). The number of para-hydroxylation sites is 1. The van der Waals surface area contributed by atoms with Crippen molar-refractivity contribution in [2.24, 2.45) is 0 Å². The van der Waals surface area contributed by atoms with Crippen molar-refractivity contribution < 1.29 is 17.9 Å². The van der Waals surface area contributed by atoms with Crippen LogP contribution >= 0.6 is 0 Å². The van der Waals surface area contributed by atoms with Crippen LogP contribution in [0, 0.1) is 0 Å². The number of hydrogen-bond acceptors (Lipinski definition) is 4. The summed E-state index contributed by atoms with van der Waals surface area (Å²) in [7, 11) is -1.93. The SMILES string of the molecule is COc1ccccc1/C=C/C(=O)N1CCN(S(=O)(=O)/C=C/c2ccccc2)CC1. The molecule has 0 spiro atoms. The molecule has 0 bridgehead atoms. The van der Waals surface area contributed by atoms with Crippen LogP contribution in [0.25, 0.3) is 12.2 Å². The molecule has 1 amide bonds. The number of methoxy groups -OCH3 is 1. The molecule has 7 heteroatoms. The van der Waals surface area contributed by atoms with Crippen LogP contribution in [0.2, 0.25) is 0 Å². The zero-order valence-corrected chi connectivity index (χ0v) is 17.1. The van der Waals surface area contributed by atoms with Gasteiger partial charge in [-0.15, -0.1) is 0 Å². The molecule has 2 aromatic carbocycles. The predicted molar refractivity (Wildman–Crippen MR) is 115 cm³/mol. The van der Waals surface area contributed by atoms with E-state index in [0.717, 1.165) is 11.1 Å². The van der Waals surface area contributed by atoms with E-state index in [9.17, 15) is 13.2 Å². The molecular weight excluding hydrogens is 388 g/mol. The highest BCUT2D eigenvalue weighted by Gasteiger charge is 2.26. The second-order valence-corrected chi connectivity index (χ2v) is 8.38. The molecule has 1 aliphatic rings. The van der Waals surface area contributed by atoms with Crippen LogP contribution in [0.5, 0.6) is 5.75 Å². The van der Waals surface area contributed by atoms with Gasteiger partial charge >= 0.3 is 0 Å². The minimum Gasteiger partial charge on any atom is -0.496 e. The van der Waals surface area contributed by atoms with Gasteiger partial charge in [0.1, 0.15) is 5.75 Å². The monoisotopic (exact) mass is 412 g/mol.